The van der Waals surface area contributed by atoms with Gasteiger partial charge in [0, 0.05) is 21.7 Å². The first kappa shape index (κ1) is 16.1. The maximum Gasteiger partial charge on any atom is 0.358 e. The van der Waals surface area contributed by atoms with Crippen molar-refractivity contribution in [2.24, 2.45) is 0 Å². The molecule has 6 heteroatoms. The summed E-state index contributed by atoms with van der Waals surface area (Å²) in [5.41, 5.74) is 0.817. The molecule has 0 fully saturated rings. The molecule has 1 heterocycles. The lowest BCUT2D eigenvalue weighted by molar-refractivity contribution is -0.119. The number of aromatic nitrogens is 1. The summed E-state index contributed by atoms with van der Waals surface area (Å²) < 4.78 is 5.92. The molecule has 0 radical (unpaired) electrons. The Hall–Kier alpha value is -2.73. The standard InChI is InChI=1S/C18H13BrN2O3/c19-13-5-3-6-14(10-13)21-16(22)11-24-18(23)17-15-7-2-1-4-12(15)8-9-20-17/h1-10H,11H2,(H,21,22). The van der Waals surface area contributed by atoms with Crippen molar-refractivity contribution in [2.75, 3.05) is 11.9 Å². The van der Waals surface area contributed by atoms with Crippen LogP contribution in [0.25, 0.3) is 10.8 Å². The SMILES string of the molecule is O=C(COC(=O)c1nccc2ccccc12)Nc1cccc(Br)c1. The van der Waals surface area contributed by atoms with Crippen molar-refractivity contribution in [3.8, 4) is 0 Å². The summed E-state index contributed by atoms with van der Waals surface area (Å²) in [6, 6.07) is 16.3. The van der Waals surface area contributed by atoms with Gasteiger partial charge in [0.05, 0.1) is 0 Å². The van der Waals surface area contributed by atoms with Crippen LogP contribution in [0.1, 0.15) is 10.5 Å². The first-order chi connectivity index (χ1) is 11.6. The van der Waals surface area contributed by atoms with E-state index in [-0.39, 0.29) is 12.3 Å². The number of benzene rings is 2. The van der Waals surface area contributed by atoms with Crippen LogP contribution in [0, 0.1) is 0 Å². The molecule has 0 unspecified atom stereocenters. The van der Waals surface area contributed by atoms with Crippen molar-refractivity contribution in [3.05, 3.63) is 71.0 Å². The average molecular weight is 385 g/mol. The maximum absolute atomic E-state index is 12.2. The smallest absolute Gasteiger partial charge is 0.358 e. The molecule has 1 amide bonds. The van der Waals surface area contributed by atoms with Crippen LogP contribution in [-0.4, -0.2) is 23.5 Å². The molecule has 5 nitrogen and oxygen atoms in total. The summed E-state index contributed by atoms with van der Waals surface area (Å²) in [7, 11) is 0. The molecule has 2 aromatic carbocycles. The maximum atomic E-state index is 12.2. The Balaban J connectivity index is 1.65. The van der Waals surface area contributed by atoms with Gasteiger partial charge in [-0.2, -0.15) is 0 Å². The Labute approximate surface area is 146 Å². The van der Waals surface area contributed by atoms with E-state index in [9.17, 15) is 9.59 Å². The summed E-state index contributed by atoms with van der Waals surface area (Å²) in [4.78, 5) is 28.2. The fraction of sp³-hybridized carbons (Fsp3) is 0.0556. The lowest BCUT2D eigenvalue weighted by atomic mass is 10.1. The molecule has 3 rings (SSSR count). The molecule has 0 spiro atoms. The fourth-order valence-electron chi connectivity index (χ4n) is 2.25. The number of rotatable bonds is 4. The number of amides is 1. The van der Waals surface area contributed by atoms with Gasteiger partial charge in [0.2, 0.25) is 0 Å². The molecule has 0 aliphatic carbocycles. The van der Waals surface area contributed by atoms with Crippen molar-refractivity contribution in [1.29, 1.82) is 0 Å². The predicted molar refractivity (Wildman–Crippen MR) is 94.8 cm³/mol. The number of ether oxygens (including phenoxy) is 1. The van der Waals surface area contributed by atoms with E-state index >= 15 is 0 Å². The van der Waals surface area contributed by atoms with E-state index in [1.807, 2.05) is 30.3 Å². The van der Waals surface area contributed by atoms with E-state index in [1.54, 1.807) is 30.5 Å². The number of anilines is 1. The number of nitrogens with one attached hydrogen (secondary N) is 1. The molecular formula is C18H13BrN2O3. The van der Waals surface area contributed by atoms with Gasteiger partial charge in [-0.15, -0.1) is 0 Å². The summed E-state index contributed by atoms with van der Waals surface area (Å²) in [6.07, 6.45) is 1.54. The third kappa shape index (κ3) is 3.78. The molecule has 0 bridgehead atoms. The third-order valence-corrected chi connectivity index (χ3v) is 3.80. The number of fused-ring (bicyclic) bond motifs is 1. The largest absolute Gasteiger partial charge is 0.451 e. The number of carbonyl (C=O) groups excluding carboxylic acids is 2. The molecular weight excluding hydrogens is 372 g/mol. The number of pyridine rings is 1. The van der Waals surface area contributed by atoms with Crippen LogP contribution in [0.2, 0.25) is 0 Å². The second-order valence-corrected chi connectivity index (χ2v) is 5.93. The highest BCUT2D eigenvalue weighted by molar-refractivity contribution is 9.10. The number of hydrogen-bond donors (Lipinski definition) is 1. The minimum absolute atomic E-state index is 0.198. The van der Waals surface area contributed by atoms with Gasteiger partial charge in [-0.1, -0.05) is 46.3 Å². The molecule has 120 valence electrons. The van der Waals surface area contributed by atoms with Gasteiger partial charge < -0.3 is 10.1 Å². The molecule has 24 heavy (non-hydrogen) atoms. The minimum Gasteiger partial charge on any atom is -0.451 e. The molecule has 1 aromatic heterocycles. The number of esters is 1. The monoisotopic (exact) mass is 384 g/mol. The van der Waals surface area contributed by atoms with Gasteiger partial charge in [-0.3, -0.25) is 4.79 Å². The molecule has 0 saturated carbocycles. The quantitative estimate of drug-likeness (QED) is 0.694. The summed E-state index contributed by atoms with van der Waals surface area (Å²) in [5, 5.41) is 4.24. The van der Waals surface area contributed by atoms with E-state index in [4.69, 9.17) is 4.74 Å². The highest BCUT2D eigenvalue weighted by Crippen LogP contribution is 2.17. The second kappa shape index (κ2) is 7.23. The van der Waals surface area contributed by atoms with E-state index in [1.165, 1.54) is 0 Å². The van der Waals surface area contributed by atoms with E-state index in [0.29, 0.717) is 11.1 Å². The zero-order chi connectivity index (χ0) is 16.9. The lowest BCUT2D eigenvalue weighted by Crippen LogP contribution is -2.21. The van der Waals surface area contributed by atoms with Crippen LogP contribution in [-0.2, 0) is 9.53 Å². The lowest BCUT2D eigenvalue weighted by Gasteiger charge is -2.08. The highest BCUT2D eigenvalue weighted by Gasteiger charge is 2.14. The Kier molecular flexibility index (Phi) is 4.86. The first-order valence-electron chi connectivity index (χ1n) is 7.20. The van der Waals surface area contributed by atoms with Crippen molar-refractivity contribution < 1.29 is 14.3 Å². The Morgan fingerprint density at radius 3 is 2.75 bits per heavy atom. The van der Waals surface area contributed by atoms with Crippen LogP contribution in [0.3, 0.4) is 0 Å². The van der Waals surface area contributed by atoms with Crippen molar-refractivity contribution in [1.82, 2.24) is 4.98 Å². The third-order valence-electron chi connectivity index (χ3n) is 3.31. The molecule has 0 aliphatic heterocycles. The molecule has 0 saturated heterocycles. The summed E-state index contributed by atoms with van der Waals surface area (Å²) in [5.74, 6) is -1.04. The van der Waals surface area contributed by atoms with Crippen LogP contribution < -0.4 is 5.32 Å². The molecule has 1 N–H and O–H groups in total. The van der Waals surface area contributed by atoms with Crippen LogP contribution in [0.5, 0.6) is 0 Å². The molecule has 0 aliphatic rings. The Morgan fingerprint density at radius 1 is 1.08 bits per heavy atom. The topological polar surface area (TPSA) is 68.3 Å². The summed E-state index contributed by atoms with van der Waals surface area (Å²) in [6.45, 7) is -0.379. The first-order valence-corrected chi connectivity index (χ1v) is 7.99. The van der Waals surface area contributed by atoms with Gasteiger partial charge in [-0.25, -0.2) is 9.78 Å². The zero-order valence-electron chi connectivity index (χ0n) is 12.5. The predicted octanol–water partition coefficient (Wildman–Crippen LogP) is 3.79. The second-order valence-electron chi connectivity index (χ2n) is 5.02. The van der Waals surface area contributed by atoms with Crippen LogP contribution in [0.4, 0.5) is 5.69 Å². The number of carbonyl (C=O) groups is 2. The highest BCUT2D eigenvalue weighted by atomic mass is 79.9. The summed E-state index contributed by atoms with van der Waals surface area (Å²) >= 11 is 3.32. The Morgan fingerprint density at radius 2 is 1.92 bits per heavy atom. The van der Waals surface area contributed by atoms with Crippen LogP contribution in [0.15, 0.2) is 65.3 Å². The zero-order valence-corrected chi connectivity index (χ0v) is 14.1. The minimum atomic E-state index is -0.629. The number of nitrogens with zero attached hydrogens (tertiary/aromatic N) is 1. The van der Waals surface area contributed by atoms with Crippen molar-refractivity contribution >= 4 is 44.3 Å². The van der Waals surface area contributed by atoms with E-state index in [0.717, 1.165) is 9.86 Å². The molecule has 0 atom stereocenters. The van der Waals surface area contributed by atoms with Gasteiger partial charge >= 0.3 is 5.97 Å². The van der Waals surface area contributed by atoms with Gasteiger partial charge in [0.15, 0.2) is 12.3 Å². The number of hydrogen-bond acceptors (Lipinski definition) is 4. The average Bonchev–Trinajstić information content (AvgIpc) is 2.59. The van der Waals surface area contributed by atoms with Gasteiger partial charge in [-0.05, 0) is 29.7 Å². The Bertz CT molecular complexity index is 906. The van der Waals surface area contributed by atoms with Crippen molar-refractivity contribution in [3.63, 3.8) is 0 Å². The van der Waals surface area contributed by atoms with E-state index < -0.39 is 11.9 Å². The van der Waals surface area contributed by atoms with E-state index in [2.05, 4.69) is 26.2 Å². The van der Waals surface area contributed by atoms with Gasteiger partial charge in [0.25, 0.3) is 5.91 Å². The van der Waals surface area contributed by atoms with Crippen LogP contribution >= 0.6 is 15.9 Å². The van der Waals surface area contributed by atoms with Gasteiger partial charge in [0.1, 0.15) is 0 Å². The number of halogens is 1. The fourth-order valence-corrected chi connectivity index (χ4v) is 2.64. The van der Waals surface area contributed by atoms with Crippen molar-refractivity contribution in [2.45, 2.75) is 0 Å². The molecule has 3 aromatic rings. The normalized spacial score (nSPS) is 10.4.